The molecule has 120 valence electrons. The minimum absolute atomic E-state index is 0.0384. The van der Waals surface area contributed by atoms with Crippen molar-refractivity contribution in [3.63, 3.8) is 0 Å². The first-order valence-corrected chi connectivity index (χ1v) is 7.78. The van der Waals surface area contributed by atoms with Gasteiger partial charge in [0, 0.05) is 23.7 Å². The van der Waals surface area contributed by atoms with Crippen LogP contribution in [0, 0.1) is 12.8 Å². The minimum Gasteiger partial charge on any atom is -0.467 e. The van der Waals surface area contributed by atoms with E-state index in [0.29, 0.717) is 29.6 Å². The van der Waals surface area contributed by atoms with Gasteiger partial charge in [-0.25, -0.2) is 0 Å². The average molecular weight is 333 g/mol. The quantitative estimate of drug-likeness (QED) is 0.935. The summed E-state index contributed by atoms with van der Waals surface area (Å²) in [6.45, 7) is 2.69. The Morgan fingerprint density at radius 1 is 1.43 bits per heavy atom. The molecule has 1 aliphatic rings. The average Bonchev–Trinajstić information content (AvgIpc) is 3.14. The molecule has 1 aromatic carbocycles. The number of carbonyl (C=O) groups excluding carboxylic acids is 2. The van der Waals surface area contributed by atoms with Gasteiger partial charge in [0.15, 0.2) is 0 Å². The number of nitrogens with zero attached hydrogens (tertiary/aromatic N) is 1. The molecule has 1 aromatic heterocycles. The summed E-state index contributed by atoms with van der Waals surface area (Å²) in [5.41, 5.74) is 1.59. The van der Waals surface area contributed by atoms with E-state index in [1.54, 1.807) is 29.4 Å². The molecule has 3 rings (SSSR count). The fourth-order valence-electron chi connectivity index (χ4n) is 2.61. The van der Waals surface area contributed by atoms with Crippen molar-refractivity contribution >= 4 is 29.1 Å². The lowest BCUT2D eigenvalue weighted by atomic mass is 10.1. The second kappa shape index (κ2) is 6.46. The molecule has 6 heteroatoms. The monoisotopic (exact) mass is 332 g/mol. The highest BCUT2D eigenvalue weighted by Gasteiger charge is 2.34. The molecule has 1 unspecified atom stereocenters. The van der Waals surface area contributed by atoms with Crippen LogP contribution in [0.15, 0.2) is 41.0 Å². The number of nitrogens with one attached hydrogen (secondary N) is 1. The molecule has 23 heavy (non-hydrogen) atoms. The van der Waals surface area contributed by atoms with E-state index in [9.17, 15) is 9.59 Å². The summed E-state index contributed by atoms with van der Waals surface area (Å²) in [5.74, 6) is 0.144. The molecule has 1 aliphatic heterocycles. The number of carbonyl (C=O) groups is 2. The van der Waals surface area contributed by atoms with Crippen LogP contribution in [0.25, 0.3) is 0 Å². The maximum Gasteiger partial charge on any atom is 0.229 e. The van der Waals surface area contributed by atoms with Gasteiger partial charge >= 0.3 is 0 Å². The number of halogens is 1. The largest absolute Gasteiger partial charge is 0.467 e. The Labute approximate surface area is 139 Å². The Morgan fingerprint density at radius 3 is 2.96 bits per heavy atom. The second-order valence-corrected chi connectivity index (χ2v) is 6.12. The lowest BCUT2D eigenvalue weighted by Crippen LogP contribution is -2.27. The lowest BCUT2D eigenvalue weighted by Gasteiger charge is -2.15. The van der Waals surface area contributed by atoms with Crippen molar-refractivity contribution in [2.75, 3.05) is 11.9 Å². The Balaban J connectivity index is 1.62. The summed E-state index contributed by atoms with van der Waals surface area (Å²) in [4.78, 5) is 26.0. The van der Waals surface area contributed by atoms with Crippen LogP contribution in [0.2, 0.25) is 5.02 Å². The number of aryl methyl sites for hydroxylation is 1. The van der Waals surface area contributed by atoms with Crippen LogP contribution in [0.4, 0.5) is 5.69 Å². The normalized spacial score (nSPS) is 17.6. The molecule has 0 saturated carbocycles. The standard InChI is InChI=1S/C17H17ClN2O3/c1-11-4-5-13(8-15(11)18)19-17(22)12-7-16(21)20(9-12)10-14-3-2-6-23-14/h2-6,8,12H,7,9-10H2,1H3,(H,19,22). The molecular formula is C17H17ClN2O3. The van der Waals surface area contributed by atoms with E-state index in [0.717, 1.165) is 5.56 Å². The van der Waals surface area contributed by atoms with Crippen LogP contribution >= 0.6 is 11.6 Å². The van der Waals surface area contributed by atoms with E-state index >= 15 is 0 Å². The molecule has 0 radical (unpaired) electrons. The molecule has 2 amide bonds. The van der Waals surface area contributed by atoms with Crippen molar-refractivity contribution in [2.45, 2.75) is 19.9 Å². The molecule has 1 atom stereocenters. The number of amides is 2. The maximum absolute atomic E-state index is 12.3. The van der Waals surface area contributed by atoms with Crippen molar-refractivity contribution in [2.24, 2.45) is 5.92 Å². The minimum atomic E-state index is -0.363. The number of rotatable bonds is 4. The summed E-state index contributed by atoms with van der Waals surface area (Å²) >= 11 is 6.06. The number of furan rings is 1. The molecule has 1 saturated heterocycles. The predicted molar refractivity (Wildman–Crippen MR) is 87.1 cm³/mol. The van der Waals surface area contributed by atoms with Crippen molar-refractivity contribution in [3.8, 4) is 0 Å². The number of hydrogen-bond donors (Lipinski definition) is 1. The molecule has 1 fully saturated rings. The van der Waals surface area contributed by atoms with Gasteiger partial charge in [-0.2, -0.15) is 0 Å². The van der Waals surface area contributed by atoms with E-state index in [1.807, 2.05) is 19.1 Å². The van der Waals surface area contributed by atoms with Gasteiger partial charge in [-0.1, -0.05) is 17.7 Å². The number of hydrogen-bond acceptors (Lipinski definition) is 3. The zero-order valence-corrected chi connectivity index (χ0v) is 13.5. The Bertz CT molecular complexity index is 727. The first-order valence-electron chi connectivity index (χ1n) is 7.40. The van der Waals surface area contributed by atoms with Crippen LogP contribution in [0.3, 0.4) is 0 Å². The van der Waals surface area contributed by atoms with E-state index < -0.39 is 0 Å². The molecule has 0 aliphatic carbocycles. The highest BCUT2D eigenvalue weighted by Crippen LogP contribution is 2.24. The summed E-state index contributed by atoms with van der Waals surface area (Å²) in [5, 5.41) is 3.43. The van der Waals surface area contributed by atoms with Gasteiger partial charge in [-0.3, -0.25) is 9.59 Å². The van der Waals surface area contributed by atoms with Crippen molar-refractivity contribution in [1.82, 2.24) is 4.90 Å². The first-order chi connectivity index (χ1) is 11.0. The topological polar surface area (TPSA) is 62.6 Å². The van der Waals surface area contributed by atoms with Gasteiger partial charge in [0.05, 0.1) is 18.7 Å². The molecule has 2 heterocycles. The molecule has 0 spiro atoms. The summed E-state index contributed by atoms with van der Waals surface area (Å²) in [6.07, 6.45) is 1.79. The first kappa shape index (κ1) is 15.6. The van der Waals surface area contributed by atoms with Crippen molar-refractivity contribution in [1.29, 1.82) is 0 Å². The summed E-state index contributed by atoms with van der Waals surface area (Å²) in [6, 6.07) is 8.96. The van der Waals surface area contributed by atoms with E-state index in [2.05, 4.69) is 5.32 Å². The van der Waals surface area contributed by atoms with E-state index in [4.69, 9.17) is 16.0 Å². The zero-order chi connectivity index (χ0) is 16.4. The van der Waals surface area contributed by atoms with Gasteiger partial charge < -0.3 is 14.6 Å². The Morgan fingerprint density at radius 2 is 2.26 bits per heavy atom. The van der Waals surface area contributed by atoms with Crippen LogP contribution in [0.1, 0.15) is 17.7 Å². The molecule has 1 N–H and O–H groups in total. The van der Waals surface area contributed by atoms with Gasteiger partial charge in [0.2, 0.25) is 11.8 Å². The summed E-state index contributed by atoms with van der Waals surface area (Å²) in [7, 11) is 0. The maximum atomic E-state index is 12.3. The number of anilines is 1. The molecular weight excluding hydrogens is 316 g/mol. The van der Waals surface area contributed by atoms with Crippen LogP contribution in [0.5, 0.6) is 0 Å². The lowest BCUT2D eigenvalue weighted by molar-refractivity contribution is -0.128. The van der Waals surface area contributed by atoms with Crippen LogP contribution in [-0.2, 0) is 16.1 Å². The predicted octanol–water partition coefficient (Wildman–Crippen LogP) is 3.23. The Kier molecular flexibility index (Phi) is 4.39. The zero-order valence-electron chi connectivity index (χ0n) is 12.7. The third kappa shape index (κ3) is 3.56. The number of benzene rings is 1. The van der Waals surface area contributed by atoms with Crippen LogP contribution in [-0.4, -0.2) is 23.3 Å². The third-order valence-electron chi connectivity index (χ3n) is 3.95. The number of likely N-dealkylation sites (tertiary alicyclic amines) is 1. The van der Waals surface area contributed by atoms with E-state index in [-0.39, 0.29) is 24.2 Å². The van der Waals surface area contributed by atoms with Crippen LogP contribution < -0.4 is 5.32 Å². The highest BCUT2D eigenvalue weighted by molar-refractivity contribution is 6.31. The SMILES string of the molecule is Cc1ccc(NC(=O)C2CC(=O)N(Cc3ccco3)C2)cc1Cl. The van der Waals surface area contributed by atoms with Gasteiger partial charge in [-0.15, -0.1) is 0 Å². The second-order valence-electron chi connectivity index (χ2n) is 5.71. The van der Waals surface area contributed by atoms with Crippen molar-refractivity contribution in [3.05, 3.63) is 52.9 Å². The fourth-order valence-corrected chi connectivity index (χ4v) is 2.79. The molecule has 0 bridgehead atoms. The third-order valence-corrected chi connectivity index (χ3v) is 4.36. The highest BCUT2D eigenvalue weighted by atomic mass is 35.5. The smallest absolute Gasteiger partial charge is 0.229 e. The van der Waals surface area contributed by atoms with Crippen molar-refractivity contribution < 1.29 is 14.0 Å². The van der Waals surface area contributed by atoms with Gasteiger partial charge in [0.25, 0.3) is 0 Å². The Hall–Kier alpha value is -2.27. The van der Waals surface area contributed by atoms with E-state index in [1.165, 1.54) is 0 Å². The molecule has 5 nitrogen and oxygen atoms in total. The molecule has 2 aromatic rings. The fraction of sp³-hybridized carbons (Fsp3) is 0.294. The van der Waals surface area contributed by atoms with Gasteiger partial charge in [-0.05, 0) is 36.8 Å². The van der Waals surface area contributed by atoms with Gasteiger partial charge in [0.1, 0.15) is 5.76 Å². The summed E-state index contributed by atoms with van der Waals surface area (Å²) < 4.78 is 5.25.